The fraction of sp³-hybridized carbons (Fsp3) is 0.884. The Morgan fingerprint density at radius 3 is 1.54 bits per heavy atom. The number of hydrogen-bond donors (Lipinski definition) is 6. The van der Waals surface area contributed by atoms with E-state index in [-0.39, 0.29) is 13.0 Å². The molecule has 0 aromatic heterocycles. The Balaban J connectivity index is 2.38. The number of carbonyl (C=O) groups is 1. The molecule has 330 valence electrons. The van der Waals surface area contributed by atoms with E-state index in [0.717, 1.165) is 51.4 Å². The van der Waals surface area contributed by atoms with Crippen molar-refractivity contribution in [3.8, 4) is 0 Å². The SMILES string of the molecule is CCCCC/C=C\C/C=C\CCCCCCCCCCCC(=O)OC(COCCCCCCCCCCCC)COP(=O)(O)OC1C(O)C(O)C(O)C(O)C1O. The predicted molar refractivity (Wildman–Crippen MR) is 221 cm³/mol. The highest BCUT2D eigenvalue weighted by Gasteiger charge is 2.51. The molecule has 56 heavy (non-hydrogen) atoms. The molecular weight excluding hydrogens is 739 g/mol. The lowest BCUT2D eigenvalue weighted by molar-refractivity contribution is -0.220. The van der Waals surface area contributed by atoms with Crippen LogP contribution in [-0.2, 0) is 27.9 Å². The summed E-state index contributed by atoms with van der Waals surface area (Å²) in [5, 5.41) is 50.1. The molecular formula is C43H81O12P. The minimum absolute atomic E-state index is 0.0751. The summed E-state index contributed by atoms with van der Waals surface area (Å²) in [6.45, 7) is 4.22. The fourth-order valence-corrected chi connectivity index (χ4v) is 7.71. The molecule has 0 radical (unpaired) electrons. The minimum atomic E-state index is -5.01. The van der Waals surface area contributed by atoms with Gasteiger partial charge in [-0.05, 0) is 44.9 Å². The number of phosphoric ester groups is 1. The largest absolute Gasteiger partial charge is 0.472 e. The monoisotopic (exact) mass is 821 g/mol. The van der Waals surface area contributed by atoms with Crippen molar-refractivity contribution >= 4 is 13.8 Å². The van der Waals surface area contributed by atoms with Crippen LogP contribution in [-0.4, -0.2) is 98.9 Å². The molecule has 1 saturated carbocycles. The second kappa shape index (κ2) is 34.7. The number of esters is 1. The number of aliphatic hydroxyl groups is 5. The Morgan fingerprint density at radius 1 is 0.571 bits per heavy atom. The van der Waals surface area contributed by atoms with Gasteiger partial charge < -0.3 is 39.9 Å². The van der Waals surface area contributed by atoms with Crippen molar-refractivity contribution in [3.63, 3.8) is 0 Å². The number of rotatable bonds is 37. The van der Waals surface area contributed by atoms with Gasteiger partial charge in [-0.2, -0.15) is 0 Å². The smallest absolute Gasteiger partial charge is 0.457 e. The highest BCUT2D eigenvalue weighted by molar-refractivity contribution is 7.47. The van der Waals surface area contributed by atoms with Crippen molar-refractivity contribution in [2.24, 2.45) is 0 Å². The van der Waals surface area contributed by atoms with Crippen molar-refractivity contribution in [2.45, 2.75) is 224 Å². The van der Waals surface area contributed by atoms with Crippen LogP contribution in [0.5, 0.6) is 0 Å². The zero-order valence-corrected chi connectivity index (χ0v) is 35.8. The first kappa shape index (κ1) is 52.8. The highest BCUT2D eigenvalue weighted by Crippen LogP contribution is 2.47. The second-order valence-corrected chi connectivity index (χ2v) is 17.0. The van der Waals surface area contributed by atoms with Gasteiger partial charge in [0, 0.05) is 13.0 Å². The molecule has 0 aromatic rings. The summed E-state index contributed by atoms with van der Waals surface area (Å²) in [5.74, 6) is -0.481. The standard InChI is InChI=1S/C43H81O12P/c1-3-5-7-9-11-13-15-16-17-18-19-20-21-22-23-24-26-28-30-32-37(44)54-36(34-52-33-31-29-27-25-14-12-10-8-6-4-2)35-53-56(50,51)55-43-41(48)39(46)38(45)40(47)42(43)49/h11,13,16-17,36,38-43,45-49H,3-10,12,14-15,18-35H2,1-2H3,(H,50,51)/b13-11-,17-16-. The molecule has 0 bridgehead atoms. The van der Waals surface area contributed by atoms with Gasteiger partial charge in [0.2, 0.25) is 0 Å². The lowest BCUT2D eigenvalue weighted by Gasteiger charge is -2.41. The zero-order valence-electron chi connectivity index (χ0n) is 34.9. The summed E-state index contributed by atoms with van der Waals surface area (Å²) in [6, 6.07) is 0. The van der Waals surface area contributed by atoms with E-state index >= 15 is 0 Å². The third-order valence-electron chi connectivity index (χ3n) is 10.3. The maximum absolute atomic E-state index is 12.8. The molecule has 12 nitrogen and oxygen atoms in total. The molecule has 6 atom stereocenters. The maximum atomic E-state index is 12.8. The molecule has 1 fully saturated rings. The summed E-state index contributed by atoms with van der Waals surface area (Å²) in [5.41, 5.74) is 0. The van der Waals surface area contributed by atoms with Crippen LogP contribution in [0.1, 0.15) is 181 Å². The molecule has 0 aliphatic heterocycles. The van der Waals surface area contributed by atoms with Crippen molar-refractivity contribution in [3.05, 3.63) is 24.3 Å². The van der Waals surface area contributed by atoms with E-state index in [9.17, 15) is 39.8 Å². The molecule has 13 heteroatoms. The maximum Gasteiger partial charge on any atom is 0.472 e. The van der Waals surface area contributed by atoms with Crippen LogP contribution in [0.25, 0.3) is 0 Å². The molecule has 0 saturated heterocycles. The Bertz CT molecular complexity index is 1030. The highest BCUT2D eigenvalue weighted by atomic mass is 31.2. The Hall–Kier alpha value is -1.18. The number of aliphatic hydroxyl groups excluding tert-OH is 5. The summed E-state index contributed by atoms with van der Waals surface area (Å²) in [4.78, 5) is 23.1. The number of unbranched alkanes of at least 4 members (excludes halogenated alkanes) is 21. The average Bonchev–Trinajstić information content (AvgIpc) is 3.18. The fourth-order valence-electron chi connectivity index (χ4n) is 6.74. The van der Waals surface area contributed by atoms with Crippen molar-refractivity contribution in [2.75, 3.05) is 19.8 Å². The van der Waals surface area contributed by atoms with E-state index in [0.29, 0.717) is 13.0 Å². The van der Waals surface area contributed by atoms with Gasteiger partial charge in [0.05, 0.1) is 13.2 Å². The Morgan fingerprint density at radius 2 is 1.00 bits per heavy atom. The number of allylic oxidation sites excluding steroid dienone is 4. The molecule has 0 heterocycles. The number of phosphoric acid groups is 1. The third-order valence-corrected chi connectivity index (χ3v) is 11.3. The van der Waals surface area contributed by atoms with Crippen LogP contribution in [0.2, 0.25) is 0 Å². The van der Waals surface area contributed by atoms with Crippen LogP contribution < -0.4 is 0 Å². The molecule has 1 aliphatic carbocycles. The number of ether oxygens (including phenoxy) is 2. The quantitative estimate of drug-likeness (QED) is 0.0152. The Kier molecular flexibility index (Phi) is 32.7. The van der Waals surface area contributed by atoms with Gasteiger partial charge in [0.15, 0.2) is 0 Å². The van der Waals surface area contributed by atoms with Crippen LogP contribution in [0.4, 0.5) is 0 Å². The average molecular weight is 821 g/mol. The van der Waals surface area contributed by atoms with Crippen LogP contribution in [0.3, 0.4) is 0 Å². The summed E-state index contributed by atoms with van der Waals surface area (Å²) in [7, 11) is -5.01. The van der Waals surface area contributed by atoms with Crippen LogP contribution in [0, 0.1) is 0 Å². The van der Waals surface area contributed by atoms with Gasteiger partial charge in [0.1, 0.15) is 42.7 Å². The van der Waals surface area contributed by atoms with Crippen LogP contribution in [0.15, 0.2) is 24.3 Å². The molecule has 0 aromatic carbocycles. The van der Waals surface area contributed by atoms with Crippen molar-refractivity contribution in [1.29, 1.82) is 0 Å². The van der Waals surface area contributed by atoms with E-state index in [2.05, 4.69) is 38.2 Å². The molecule has 1 aliphatic rings. The lowest BCUT2D eigenvalue weighted by Crippen LogP contribution is -2.64. The van der Waals surface area contributed by atoms with Gasteiger partial charge in [-0.3, -0.25) is 13.8 Å². The van der Waals surface area contributed by atoms with Gasteiger partial charge in [-0.15, -0.1) is 0 Å². The van der Waals surface area contributed by atoms with Crippen molar-refractivity contribution in [1.82, 2.24) is 0 Å². The first-order valence-electron chi connectivity index (χ1n) is 22.2. The summed E-state index contributed by atoms with van der Waals surface area (Å²) < 4.78 is 34.1. The molecule has 6 unspecified atom stereocenters. The van der Waals surface area contributed by atoms with E-state index in [4.69, 9.17) is 18.5 Å². The third kappa shape index (κ3) is 26.7. The summed E-state index contributed by atoms with van der Waals surface area (Å²) >= 11 is 0. The molecule has 6 N–H and O–H groups in total. The topological polar surface area (TPSA) is 192 Å². The van der Waals surface area contributed by atoms with Gasteiger partial charge in [-0.25, -0.2) is 4.57 Å². The van der Waals surface area contributed by atoms with E-state index in [1.54, 1.807) is 0 Å². The molecule has 0 spiro atoms. The number of carbonyl (C=O) groups excluding carboxylic acids is 1. The van der Waals surface area contributed by atoms with E-state index in [1.165, 1.54) is 103 Å². The van der Waals surface area contributed by atoms with Crippen molar-refractivity contribution < 1.29 is 58.3 Å². The number of hydrogen-bond acceptors (Lipinski definition) is 11. The molecule has 1 rings (SSSR count). The summed E-state index contributed by atoms with van der Waals surface area (Å²) in [6.07, 6.45) is 25.4. The first-order chi connectivity index (χ1) is 27.0. The normalized spacial score (nSPS) is 23.2. The zero-order chi connectivity index (χ0) is 41.3. The van der Waals surface area contributed by atoms with Crippen LogP contribution >= 0.6 is 7.82 Å². The lowest BCUT2D eigenvalue weighted by atomic mass is 9.85. The minimum Gasteiger partial charge on any atom is -0.457 e. The first-order valence-corrected chi connectivity index (χ1v) is 23.7. The van der Waals surface area contributed by atoms with E-state index < -0.39 is 63.1 Å². The van der Waals surface area contributed by atoms with Gasteiger partial charge in [-0.1, -0.05) is 154 Å². The predicted octanol–water partition coefficient (Wildman–Crippen LogP) is 8.53. The molecule has 0 amide bonds. The Labute approximate surface area is 339 Å². The van der Waals surface area contributed by atoms with E-state index in [1.807, 2.05) is 0 Å². The van der Waals surface area contributed by atoms with Gasteiger partial charge in [0.25, 0.3) is 0 Å². The second-order valence-electron chi connectivity index (χ2n) is 15.6. The van der Waals surface area contributed by atoms with Gasteiger partial charge >= 0.3 is 13.8 Å².